The van der Waals surface area contributed by atoms with Crippen molar-refractivity contribution in [1.82, 2.24) is 19.6 Å². The number of fused-ring (bicyclic) bond motifs is 1. The average molecular weight is 499 g/mol. The molecule has 1 aliphatic carbocycles. The Kier molecular flexibility index (Phi) is 5.85. The lowest BCUT2D eigenvalue weighted by Crippen LogP contribution is -2.43. The van der Waals surface area contributed by atoms with Crippen LogP contribution in [-0.4, -0.2) is 61.2 Å². The van der Waals surface area contributed by atoms with Crippen molar-refractivity contribution >= 4 is 19.3 Å². The fraction of sp³-hybridized carbons (Fsp3) is 0.450. The van der Waals surface area contributed by atoms with Crippen LogP contribution in [0.5, 0.6) is 0 Å². The highest BCUT2D eigenvalue weighted by molar-refractivity contribution is 7.46. The first-order valence-corrected chi connectivity index (χ1v) is 12.1. The van der Waals surface area contributed by atoms with Crippen molar-refractivity contribution in [2.45, 2.75) is 43.2 Å². The van der Waals surface area contributed by atoms with Crippen molar-refractivity contribution in [1.29, 1.82) is 0 Å². The molecule has 0 bridgehead atoms. The van der Waals surface area contributed by atoms with Gasteiger partial charge in [-0.25, -0.2) is 27.2 Å². The molecule has 10 nitrogen and oxygen atoms in total. The van der Waals surface area contributed by atoms with Gasteiger partial charge in [-0.15, -0.1) is 5.10 Å². The number of rotatable bonds is 7. The third-order valence-electron chi connectivity index (χ3n) is 6.17. The number of halogens is 3. The van der Waals surface area contributed by atoms with Crippen molar-refractivity contribution in [3.63, 3.8) is 0 Å². The molecule has 1 aliphatic heterocycles. The summed E-state index contributed by atoms with van der Waals surface area (Å²) < 4.78 is 63.9. The standard InChI is InChI=1S/C20H21F3N5O5P/c21-12-7-15(13-2-1-11(8-24-13)20(4-5-20)18(22)23)28-16(12)9-25-19(27-28)26-14-3-6-32-10-17(14)33-34(29,30)31/h1-2,7-9,14,17-18H,3-6,10H2,(H,26,27)(H2,29,30,31)/t14-,17-/m1/s1. The normalized spacial score (nSPS) is 22.3. The van der Waals surface area contributed by atoms with Gasteiger partial charge in [-0.3, -0.25) is 9.51 Å². The van der Waals surface area contributed by atoms with Crippen LogP contribution >= 0.6 is 7.82 Å². The van der Waals surface area contributed by atoms with Gasteiger partial charge in [0.15, 0.2) is 5.82 Å². The minimum absolute atomic E-state index is 0.0369. The molecule has 2 fully saturated rings. The van der Waals surface area contributed by atoms with Crippen LogP contribution in [0, 0.1) is 5.82 Å². The first kappa shape index (κ1) is 23.2. The van der Waals surface area contributed by atoms with Crippen LogP contribution in [0.1, 0.15) is 24.8 Å². The van der Waals surface area contributed by atoms with Crippen LogP contribution in [0.4, 0.5) is 19.1 Å². The molecule has 182 valence electrons. The summed E-state index contributed by atoms with van der Waals surface area (Å²) in [5.74, 6) is -0.519. The van der Waals surface area contributed by atoms with Gasteiger partial charge in [0.05, 0.1) is 35.6 Å². The van der Waals surface area contributed by atoms with Gasteiger partial charge >= 0.3 is 7.82 Å². The molecule has 3 N–H and O–H groups in total. The lowest BCUT2D eigenvalue weighted by atomic mass is 9.98. The van der Waals surface area contributed by atoms with E-state index in [0.29, 0.717) is 42.8 Å². The summed E-state index contributed by atoms with van der Waals surface area (Å²) >= 11 is 0. The van der Waals surface area contributed by atoms with Gasteiger partial charge in [-0.1, -0.05) is 6.07 Å². The van der Waals surface area contributed by atoms with E-state index in [4.69, 9.17) is 19.0 Å². The van der Waals surface area contributed by atoms with Crippen LogP contribution < -0.4 is 5.32 Å². The van der Waals surface area contributed by atoms with E-state index < -0.39 is 37.6 Å². The third-order valence-corrected chi connectivity index (χ3v) is 6.71. The van der Waals surface area contributed by atoms with Crippen molar-refractivity contribution in [2.24, 2.45) is 0 Å². The molecule has 2 atom stereocenters. The molecular formula is C20H21F3N5O5P. The summed E-state index contributed by atoms with van der Waals surface area (Å²) in [6.45, 7) is 0.297. The highest BCUT2D eigenvalue weighted by atomic mass is 31.2. The number of hydrogen-bond acceptors (Lipinski definition) is 7. The second kappa shape index (κ2) is 8.58. The summed E-state index contributed by atoms with van der Waals surface area (Å²) in [5, 5.41) is 7.28. The molecule has 5 rings (SSSR count). The number of nitrogens with zero attached hydrogens (tertiary/aromatic N) is 4. The number of hydrogen-bond donors (Lipinski definition) is 3. The molecule has 4 heterocycles. The monoisotopic (exact) mass is 499 g/mol. The van der Waals surface area contributed by atoms with Gasteiger partial charge in [0, 0.05) is 18.9 Å². The van der Waals surface area contributed by atoms with E-state index in [-0.39, 0.29) is 18.1 Å². The summed E-state index contributed by atoms with van der Waals surface area (Å²) in [5.41, 5.74) is 0.00699. The molecule has 0 amide bonds. The van der Waals surface area contributed by atoms with E-state index in [2.05, 4.69) is 20.4 Å². The Hall–Kier alpha value is -2.57. The Labute approximate surface area is 191 Å². The smallest absolute Gasteiger partial charge is 0.379 e. The van der Waals surface area contributed by atoms with E-state index in [1.165, 1.54) is 23.0 Å². The number of aromatic nitrogens is 4. The van der Waals surface area contributed by atoms with E-state index in [0.717, 1.165) is 0 Å². The van der Waals surface area contributed by atoms with Gasteiger partial charge in [0.1, 0.15) is 11.6 Å². The quantitative estimate of drug-likeness (QED) is 0.420. The predicted molar refractivity (Wildman–Crippen MR) is 113 cm³/mol. The van der Waals surface area contributed by atoms with Gasteiger partial charge in [0.2, 0.25) is 12.4 Å². The molecule has 0 unspecified atom stereocenters. The number of phosphoric ester groups is 1. The van der Waals surface area contributed by atoms with Crippen molar-refractivity contribution in [3.8, 4) is 11.4 Å². The molecule has 0 radical (unpaired) electrons. The number of anilines is 1. The summed E-state index contributed by atoms with van der Waals surface area (Å²) in [6, 6.07) is 3.79. The summed E-state index contributed by atoms with van der Waals surface area (Å²) in [6.07, 6.45) is 0.388. The number of pyridine rings is 1. The fourth-order valence-corrected chi connectivity index (χ4v) is 4.69. The van der Waals surface area contributed by atoms with Crippen LogP contribution in [-0.2, 0) is 19.2 Å². The van der Waals surface area contributed by atoms with Crippen LogP contribution in [0.2, 0.25) is 0 Å². The summed E-state index contributed by atoms with van der Waals surface area (Å²) in [4.78, 5) is 26.7. The lowest BCUT2D eigenvalue weighted by molar-refractivity contribution is -0.0133. The lowest BCUT2D eigenvalue weighted by Gasteiger charge is -2.31. The van der Waals surface area contributed by atoms with Gasteiger partial charge in [-0.2, -0.15) is 0 Å². The molecule has 34 heavy (non-hydrogen) atoms. The maximum Gasteiger partial charge on any atom is 0.470 e. The van der Waals surface area contributed by atoms with Crippen molar-refractivity contribution in [2.75, 3.05) is 18.5 Å². The molecule has 2 aliphatic rings. The third kappa shape index (κ3) is 4.41. The molecule has 14 heteroatoms. The van der Waals surface area contributed by atoms with Gasteiger partial charge in [0.25, 0.3) is 0 Å². The molecule has 0 aromatic carbocycles. The number of nitrogens with one attached hydrogen (secondary N) is 1. The maximum atomic E-state index is 14.5. The highest BCUT2D eigenvalue weighted by Crippen LogP contribution is 2.52. The topological polar surface area (TPSA) is 131 Å². The Balaban J connectivity index is 1.43. The van der Waals surface area contributed by atoms with Crippen LogP contribution in [0.25, 0.3) is 16.9 Å². The fourth-order valence-electron chi connectivity index (χ4n) is 4.13. The first-order valence-electron chi connectivity index (χ1n) is 10.5. The zero-order valence-corrected chi connectivity index (χ0v) is 18.5. The number of alkyl halides is 2. The second-order valence-corrected chi connectivity index (χ2v) is 9.59. The molecule has 1 saturated carbocycles. The molecule has 0 spiro atoms. The Bertz CT molecular complexity index is 1250. The largest absolute Gasteiger partial charge is 0.470 e. The zero-order valence-electron chi connectivity index (χ0n) is 17.6. The molecule has 3 aromatic heterocycles. The SMILES string of the molecule is O=P(O)(O)O[C@@H]1COCC[C@H]1Nc1ncc2c(F)cc(-c3ccc(C4(C(F)F)CC4)cn3)n2n1. The maximum absolute atomic E-state index is 14.5. The van der Waals surface area contributed by atoms with E-state index in [1.807, 2.05) is 0 Å². The Morgan fingerprint density at radius 2 is 2.06 bits per heavy atom. The molecular weight excluding hydrogens is 478 g/mol. The summed E-state index contributed by atoms with van der Waals surface area (Å²) in [7, 11) is -4.75. The predicted octanol–water partition coefficient (Wildman–Crippen LogP) is 2.91. The van der Waals surface area contributed by atoms with E-state index in [1.54, 1.807) is 12.1 Å². The minimum atomic E-state index is -4.75. The highest BCUT2D eigenvalue weighted by Gasteiger charge is 2.52. The first-order chi connectivity index (χ1) is 16.2. The number of phosphoric acid groups is 1. The minimum Gasteiger partial charge on any atom is -0.379 e. The number of ether oxygens (including phenoxy) is 1. The van der Waals surface area contributed by atoms with Crippen molar-refractivity contribution in [3.05, 3.63) is 42.0 Å². The van der Waals surface area contributed by atoms with Crippen molar-refractivity contribution < 1.29 is 36.8 Å². The zero-order chi connectivity index (χ0) is 24.1. The van der Waals surface area contributed by atoms with Gasteiger partial charge < -0.3 is 19.8 Å². The van der Waals surface area contributed by atoms with Gasteiger partial charge in [-0.05, 0) is 30.9 Å². The average Bonchev–Trinajstić information content (AvgIpc) is 3.54. The second-order valence-electron chi connectivity index (χ2n) is 8.39. The van der Waals surface area contributed by atoms with E-state index >= 15 is 0 Å². The molecule has 1 saturated heterocycles. The molecule has 3 aromatic rings. The van der Waals surface area contributed by atoms with Crippen LogP contribution in [0.3, 0.4) is 0 Å². The Morgan fingerprint density at radius 1 is 1.26 bits per heavy atom. The van der Waals surface area contributed by atoms with E-state index in [9.17, 15) is 17.7 Å². The Morgan fingerprint density at radius 3 is 2.71 bits per heavy atom. The van der Waals surface area contributed by atoms with Crippen LogP contribution in [0.15, 0.2) is 30.6 Å².